The van der Waals surface area contributed by atoms with Gasteiger partial charge in [-0.2, -0.15) is 0 Å². The minimum absolute atomic E-state index is 0. The van der Waals surface area contributed by atoms with Crippen LogP contribution in [0, 0.1) is 0 Å². The molecule has 4 N–H and O–H groups in total. The number of nitrogens with two attached hydrogens (primary N) is 1. The molecule has 0 aromatic rings. The first kappa shape index (κ1) is 12.0. The Bertz CT molecular complexity index is 141. The molecule has 1 aliphatic rings. The SMILES string of the molecule is Cl.NCCNC(=O)[C@H]1CSCN1. The summed E-state index contributed by atoms with van der Waals surface area (Å²) in [4.78, 5) is 11.2. The first-order valence-corrected chi connectivity index (χ1v) is 4.79. The maximum absolute atomic E-state index is 11.2. The van der Waals surface area contributed by atoms with E-state index in [-0.39, 0.29) is 24.4 Å². The molecule has 4 nitrogen and oxygen atoms in total. The third-order valence-electron chi connectivity index (χ3n) is 1.48. The van der Waals surface area contributed by atoms with E-state index in [0.717, 1.165) is 11.6 Å². The fraction of sp³-hybridized carbons (Fsp3) is 0.833. The molecule has 0 aliphatic carbocycles. The van der Waals surface area contributed by atoms with Crippen LogP contribution in [0.2, 0.25) is 0 Å². The standard InChI is InChI=1S/C6H13N3OS.ClH/c7-1-2-8-6(10)5-3-11-4-9-5;/h5,9H,1-4,7H2,(H,8,10);1H/t5-;/m1./s1. The lowest BCUT2D eigenvalue weighted by molar-refractivity contribution is -0.122. The zero-order valence-corrected chi connectivity index (χ0v) is 8.34. The van der Waals surface area contributed by atoms with Crippen molar-refractivity contribution in [1.29, 1.82) is 0 Å². The Morgan fingerprint density at radius 1 is 1.75 bits per heavy atom. The van der Waals surface area contributed by atoms with Gasteiger partial charge in [0.1, 0.15) is 0 Å². The predicted molar refractivity (Wildman–Crippen MR) is 53.6 cm³/mol. The molecule has 1 atom stereocenters. The van der Waals surface area contributed by atoms with Crippen molar-refractivity contribution in [2.24, 2.45) is 5.73 Å². The number of carbonyl (C=O) groups is 1. The van der Waals surface area contributed by atoms with Gasteiger partial charge in [-0.05, 0) is 0 Å². The molecule has 72 valence electrons. The van der Waals surface area contributed by atoms with Crippen molar-refractivity contribution in [3.63, 3.8) is 0 Å². The Balaban J connectivity index is 0.00000121. The number of nitrogens with one attached hydrogen (secondary N) is 2. The molecular formula is C6H14ClN3OS. The van der Waals surface area contributed by atoms with E-state index in [4.69, 9.17) is 5.73 Å². The number of halogens is 1. The quantitative estimate of drug-likeness (QED) is 0.569. The van der Waals surface area contributed by atoms with Crippen LogP contribution in [-0.2, 0) is 4.79 Å². The van der Waals surface area contributed by atoms with E-state index in [1.54, 1.807) is 11.8 Å². The fourth-order valence-electron chi connectivity index (χ4n) is 0.882. The Kier molecular flexibility index (Phi) is 6.55. The molecule has 0 spiro atoms. The molecule has 6 heteroatoms. The lowest BCUT2D eigenvalue weighted by atomic mass is 10.3. The van der Waals surface area contributed by atoms with Gasteiger partial charge in [0.05, 0.1) is 6.04 Å². The molecule has 0 unspecified atom stereocenters. The van der Waals surface area contributed by atoms with Crippen LogP contribution in [-0.4, -0.2) is 36.7 Å². The second-order valence-corrected chi connectivity index (χ2v) is 3.38. The van der Waals surface area contributed by atoms with E-state index in [1.807, 2.05) is 0 Å². The predicted octanol–water partition coefficient (Wildman–Crippen LogP) is -0.854. The minimum atomic E-state index is -0.00782. The number of rotatable bonds is 3. The van der Waals surface area contributed by atoms with Crippen molar-refractivity contribution in [2.45, 2.75) is 6.04 Å². The lowest BCUT2D eigenvalue weighted by Gasteiger charge is -2.08. The number of carbonyl (C=O) groups excluding carboxylic acids is 1. The highest BCUT2D eigenvalue weighted by Gasteiger charge is 2.21. The van der Waals surface area contributed by atoms with Crippen molar-refractivity contribution < 1.29 is 4.79 Å². The molecule has 1 rings (SSSR count). The van der Waals surface area contributed by atoms with Crippen LogP contribution in [0.3, 0.4) is 0 Å². The first-order valence-electron chi connectivity index (χ1n) is 3.63. The Hall–Kier alpha value is 0.0300. The van der Waals surface area contributed by atoms with Gasteiger partial charge in [0.25, 0.3) is 0 Å². The van der Waals surface area contributed by atoms with Crippen molar-refractivity contribution in [1.82, 2.24) is 10.6 Å². The van der Waals surface area contributed by atoms with Gasteiger partial charge < -0.3 is 11.1 Å². The minimum Gasteiger partial charge on any atom is -0.353 e. The fourth-order valence-corrected chi connectivity index (χ4v) is 1.82. The van der Waals surface area contributed by atoms with E-state index in [1.165, 1.54) is 0 Å². The van der Waals surface area contributed by atoms with Crippen LogP contribution in [0.25, 0.3) is 0 Å². The first-order chi connectivity index (χ1) is 5.34. The normalized spacial score (nSPS) is 21.6. The lowest BCUT2D eigenvalue weighted by Crippen LogP contribution is -2.43. The van der Waals surface area contributed by atoms with Gasteiger partial charge in [0.2, 0.25) is 5.91 Å². The van der Waals surface area contributed by atoms with E-state index < -0.39 is 0 Å². The summed E-state index contributed by atoms with van der Waals surface area (Å²) in [7, 11) is 0. The molecule has 0 radical (unpaired) electrons. The summed E-state index contributed by atoms with van der Waals surface area (Å²) in [6.45, 7) is 1.08. The zero-order chi connectivity index (χ0) is 8.10. The van der Waals surface area contributed by atoms with Crippen LogP contribution < -0.4 is 16.4 Å². The molecule has 1 fully saturated rings. The second kappa shape index (κ2) is 6.54. The van der Waals surface area contributed by atoms with Crippen molar-refractivity contribution in [2.75, 3.05) is 24.7 Å². The average molecular weight is 212 g/mol. The molecule has 1 aliphatic heterocycles. The summed E-state index contributed by atoms with van der Waals surface area (Å²) in [5.74, 6) is 1.82. The number of hydrogen-bond donors (Lipinski definition) is 3. The molecule has 12 heavy (non-hydrogen) atoms. The van der Waals surface area contributed by atoms with Crippen molar-refractivity contribution in [3.05, 3.63) is 0 Å². The van der Waals surface area contributed by atoms with Crippen LogP contribution in [0.1, 0.15) is 0 Å². The monoisotopic (exact) mass is 211 g/mol. The number of amides is 1. The summed E-state index contributed by atoms with van der Waals surface area (Å²) < 4.78 is 0. The highest BCUT2D eigenvalue weighted by molar-refractivity contribution is 7.99. The average Bonchev–Trinajstić information content (AvgIpc) is 2.52. The van der Waals surface area contributed by atoms with Gasteiger partial charge in [-0.25, -0.2) is 0 Å². The van der Waals surface area contributed by atoms with Gasteiger partial charge in [-0.15, -0.1) is 24.2 Å². The van der Waals surface area contributed by atoms with Crippen molar-refractivity contribution in [3.8, 4) is 0 Å². The van der Waals surface area contributed by atoms with Gasteiger partial charge in [-0.1, -0.05) is 0 Å². The van der Waals surface area contributed by atoms with Gasteiger partial charge in [0, 0.05) is 24.7 Å². The third-order valence-corrected chi connectivity index (χ3v) is 2.42. The smallest absolute Gasteiger partial charge is 0.238 e. The maximum Gasteiger partial charge on any atom is 0.238 e. The Labute approximate surface area is 82.4 Å². The maximum atomic E-state index is 11.2. The molecule has 1 heterocycles. The summed E-state index contributed by atoms with van der Waals surface area (Å²) >= 11 is 1.74. The Morgan fingerprint density at radius 2 is 2.50 bits per heavy atom. The molecule has 1 saturated heterocycles. The molecule has 0 bridgehead atoms. The Morgan fingerprint density at radius 3 is 3.00 bits per heavy atom. The van der Waals surface area contributed by atoms with Gasteiger partial charge in [0.15, 0.2) is 0 Å². The van der Waals surface area contributed by atoms with E-state index in [9.17, 15) is 4.79 Å². The van der Waals surface area contributed by atoms with Gasteiger partial charge in [-0.3, -0.25) is 10.1 Å². The molecule has 0 saturated carbocycles. The number of hydrogen-bond acceptors (Lipinski definition) is 4. The third kappa shape index (κ3) is 3.62. The van der Waals surface area contributed by atoms with Crippen LogP contribution in [0.4, 0.5) is 0 Å². The summed E-state index contributed by atoms with van der Waals surface area (Å²) in [5, 5.41) is 5.81. The molecular weight excluding hydrogens is 198 g/mol. The second-order valence-electron chi connectivity index (χ2n) is 2.35. The largest absolute Gasteiger partial charge is 0.353 e. The summed E-state index contributed by atoms with van der Waals surface area (Å²) in [6.07, 6.45) is 0. The topological polar surface area (TPSA) is 67.1 Å². The van der Waals surface area contributed by atoms with Gasteiger partial charge >= 0.3 is 0 Å². The molecule has 1 amide bonds. The molecule has 0 aromatic heterocycles. The van der Waals surface area contributed by atoms with Crippen LogP contribution >= 0.6 is 24.2 Å². The summed E-state index contributed by atoms with van der Waals surface area (Å²) in [6, 6.07) is -0.00782. The summed E-state index contributed by atoms with van der Waals surface area (Å²) in [5.41, 5.74) is 5.24. The van der Waals surface area contributed by atoms with Crippen LogP contribution in [0.5, 0.6) is 0 Å². The highest BCUT2D eigenvalue weighted by atomic mass is 35.5. The van der Waals surface area contributed by atoms with Crippen molar-refractivity contribution >= 4 is 30.1 Å². The molecule has 0 aromatic carbocycles. The van der Waals surface area contributed by atoms with Crippen LogP contribution in [0.15, 0.2) is 0 Å². The van der Waals surface area contributed by atoms with E-state index >= 15 is 0 Å². The van der Waals surface area contributed by atoms with E-state index in [0.29, 0.717) is 13.1 Å². The zero-order valence-electron chi connectivity index (χ0n) is 6.71. The number of thioether (sulfide) groups is 1. The van der Waals surface area contributed by atoms with E-state index in [2.05, 4.69) is 10.6 Å². The highest BCUT2D eigenvalue weighted by Crippen LogP contribution is 2.08.